The summed E-state index contributed by atoms with van der Waals surface area (Å²) in [5.41, 5.74) is 1.40. The second kappa shape index (κ2) is 6.24. The average Bonchev–Trinajstić information content (AvgIpc) is 2.83. The quantitative estimate of drug-likeness (QED) is 0.628. The summed E-state index contributed by atoms with van der Waals surface area (Å²) in [4.78, 5) is 13.2. The number of carbonyl (C=O) groups excluding carboxylic acids is 1. The van der Waals surface area contributed by atoms with E-state index < -0.39 is 0 Å². The van der Waals surface area contributed by atoms with Gasteiger partial charge in [-0.2, -0.15) is 0 Å². The number of ether oxygens (including phenoxy) is 1. The number of thiophene rings is 1. The second-order valence-corrected chi connectivity index (χ2v) is 7.55. The molecule has 2 rings (SSSR count). The zero-order valence-electron chi connectivity index (χ0n) is 11.3. The van der Waals surface area contributed by atoms with Crippen LogP contribution >= 0.6 is 39.5 Å². The molecule has 108 valence electrons. The summed E-state index contributed by atoms with van der Waals surface area (Å²) in [6, 6.07) is 3.66. The molecule has 0 saturated heterocycles. The summed E-state index contributed by atoms with van der Waals surface area (Å²) in [5, 5.41) is 6.75. The number of nitrogens with one attached hydrogen (secondary N) is 2. The number of rotatable bonds is 3. The van der Waals surface area contributed by atoms with Crippen molar-refractivity contribution in [1.82, 2.24) is 10.6 Å². The normalized spacial score (nSPS) is 18.9. The Hall–Kier alpha value is -0.920. The third-order valence-electron chi connectivity index (χ3n) is 2.96. The van der Waals surface area contributed by atoms with Crippen molar-refractivity contribution < 1.29 is 9.53 Å². The molecule has 7 heteroatoms. The number of carbonyl (C=O) groups is 1. The van der Waals surface area contributed by atoms with E-state index in [0.29, 0.717) is 10.7 Å². The van der Waals surface area contributed by atoms with E-state index in [-0.39, 0.29) is 17.9 Å². The molecule has 2 N–H and O–H groups in total. The smallest absolute Gasteiger partial charge is 0.338 e. The van der Waals surface area contributed by atoms with Gasteiger partial charge in [0.15, 0.2) is 5.11 Å². The van der Waals surface area contributed by atoms with Crippen molar-refractivity contribution in [2.75, 3.05) is 7.11 Å². The Bertz CT molecular complexity index is 581. The Balaban J connectivity index is 2.54. The van der Waals surface area contributed by atoms with Crippen molar-refractivity contribution in [2.45, 2.75) is 19.9 Å². The van der Waals surface area contributed by atoms with Crippen LogP contribution in [0.15, 0.2) is 27.2 Å². The molecule has 0 bridgehead atoms. The van der Waals surface area contributed by atoms with E-state index in [2.05, 4.69) is 26.6 Å². The summed E-state index contributed by atoms with van der Waals surface area (Å²) in [6.07, 6.45) is 0. The maximum absolute atomic E-state index is 12.2. The highest BCUT2D eigenvalue weighted by Gasteiger charge is 2.33. The van der Waals surface area contributed by atoms with Crippen LogP contribution in [-0.2, 0) is 9.53 Å². The summed E-state index contributed by atoms with van der Waals surface area (Å²) in [5.74, 6) is -0.194. The molecule has 4 nitrogen and oxygen atoms in total. The van der Waals surface area contributed by atoms with E-state index >= 15 is 0 Å². The maximum atomic E-state index is 12.2. The molecule has 0 saturated carbocycles. The van der Waals surface area contributed by atoms with E-state index in [1.807, 2.05) is 26.0 Å². The lowest BCUT2D eigenvalue weighted by Gasteiger charge is -2.31. The van der Waals surface area contributed by atoms with Crippen LogP contribution in [0.5, 0.6) is 0 Å². The van der Waals surface area contributed by atoms with Gasteiger partial charge in [0.05, 0.1) is 22.5 Å². The highest BCUT2D eigenvalue weighted by Crippen LogP contribution is 2.35. The van der Waals surface area contributed by atoms with Gasteiger partial charge in [-0.3, -0.25) is 0 Å². The fraction of sp³-hybridized carbons (Fsp3) is 0.385. The molecule has 1 aliphatic rings. The van der Waals surface area contributed by atoms with Gasteiger partial charge < -0.3 is 15.4 Å². The Labute approximate surface area is 135 Å². The summed E-state index contributed by atoms with van der Waals surface area (Å²) in [7, 11) is 1.39. The zero-order chi connectivity index (χ0) is 14.9. The molecule has 1 atom stereocenters. The largest absolute Gasteiger partial charge is 0.466 e. The Morgan fingerprint density at radius 2 is 2.20 bits per heavy atom. The van der Waals surface area contributed by atoms with Crippen LogP contribution in [0.3, 0.4) is 0 Å². The van der Waals surface area contributed by atoms with E-state index in [1.54, 1.807) is 11.3 Å². The lowest BCUT2D eigenvalue weighted by Crippen LogP contribution is -2.46. The van der Waals surface area contributed by atoms with Crippen LogP contribution in [0, 0.1) is 5.92 Å². The predicted octanol–water partition coefficient (Wildman–Crippen LogP) is 3.11. The molecule has 2 heterocycles. The number of esters is 1. The van der Waals surface area contributed by atoms with Gasteiger partial charge in [0.2, 0.25) is 0 Å². The van der Waals surface area contributed by atoms with Gasteiger partial charge in [-0.25, -0.2) is 4.79 Å². The fourth-order valence-electron chi connectivity index (χ4n) is 2.07. The minimum absolute atomic E-state index is 0.148. The Morgan fingerprint density at radius 1 is 1.50 bits per heavy atom. The molecule has 0 unspecified atom stereocenters. The number of thiocarbonyl (C=S) groups is 1. The average molecular weight is 375 g/mol. The van der Waals surface area contributed by atoms with Gasteiger partial charge in [0, 0.05) is 10.6 Å². The van der Waals surface area contributed by atoms with Crippen LogP contribution in [-0.4, -0.2) is 18.2 Å². The summed E-state index contributed by atoms with van der Waals surface area (Å²) in [6.45, 7) is 4.03. The number of halogens is 1. The minimum Gasteiger partial charge on any atom is -0.466 e. The number of allylic oxidation sites excluding steroid dienone is 1. The van der Waals surface area contributed by atoms with Crippen molar-refractivity contribution in [1.29, 1.82) is 0 Å². The SMILES string of the molecule is COC(=O)C1=C(C(C)C)NC(=S)N[C@@H]1c1ccc(Br)s1. The topological polar surface area (TPSA) is 50.4 Å². The lowest BCUT2D eigenvalue weighted by molar-refractivity contribution is -0.136. The van der Waals surface area contributed by atoms with Crippen LogP contribution in [0.25, 0.3) is 0 Å². The molecule has 0 fully saturated rings. The van der Waals surface area contributed by atoms with Crippen LogP contribution < -0.4 is 10.6 Å². The molecule has 1 aromatic heterocycles. The first-order valence-electron chi connectivity index (χ1n) is 6.09. The molecule has 0 radical (unpaired) electrons. The van der Waals surface area contributed by atoms with E-state index in [1.165, 1.54) is 7.11 Å². The van der Waals surface area contributed by atoms with E-state index in [0.717, 1.165) is 14.4 Å². The second-order valence-electron chi connectivity index (χ2n) is 4.65. The van der Waals surface area contributed by atoms with Crippen molar-refractivity contribution in [3.63, 3.8) is 0 Å². The number of hydrogen-bond acceptors (Lipinski definition) is 4. The molecule has 0 aromatic carbocycles. The number of methoxy groups -OCH3 is 1. The maximum Gasteiger partial charge on any atom is 0.338 e. The van der Waals surface area contributed by atoms with Gasteiger partial charge in [-0.1, -0.05) is 13.8 Å². The van der Waals surface area contributed by atoms with Crippen molar-refractivity contribution in [2.24, 2.45) is 5.92 Å². The molecule has 20 heavy (non-hydrogen) atoms. The lowest BCUT2D eigenvalue weighted by atomic mass is 9.95. The summed E-state index contributed by atoms with van der Waals surface area (Å²) < 4.78 is 5.95. The van der Waals surface area contributed by atoms with Gasteiger partial charge in [0.25, 0.3) is 0 Å². The van der Waals surface area contributed by atoms with Crippen LogP contribution in [0.4, 0.5) is 0 Å². The molecule has 0 aliphatic carbocycles. The van der Waals surface area contributed by atoms with Gasteiger partial charge in [-0.05, 0) is 46.2 Å². The van der Waals surface area contributed by atoms with Crippen LogP contribution in [0.1, 0.15) is 24.8 Å². The zero-order valence-corrected chi connectivity index (χ0v) is 14.5. The molecule has 0 spiro atoms. The minimum atomic E-state index is -0.342. The summed E-state index contributed by atoms with van der Waals surface area (Å²) >= 11 is 10.3. The standard InChI is InChI=1S/C13H15BrN2O2S2/c1-6(2)10-9(12(17)18-3)11(16-13(19)15-10)7-4-5-8(14)20-7/h4-6,11H,1-3H3,(H2,15,16,19)/t11-/m1/s1. The highest BCUT2D eigenvalue weighted by atomic mass is 79.9. The van der Waals surface area contributed by atoms with Crippen molar-refractivity contribution in [3.05, 3.63) is 32.1 Å². The highest BCUT2D eigenvalue weighted by molar-refractivity contribution is 9.11. The van der Waals surface area contributed by atoms with Gasteiger partial charge in [-0.15, -0.1) is 11.3 Å². The molecule has 1 aliphatic heterocycles. The molecule has 1 aromatic rings. The molecule has 0 amide bonds. The Morgan fingerprint density at radius 3 is 2.70 bits per heavy atom. The first-order valence-corrected chi connectivity index (χ1v) is 8.11. The third-order valence-corrected chi connectivity index (χ3v) is 4.87. The molecular weight excluding hydrogens is 360 g/mol. The van der Waals surface area contributed by atoms with E-state index in [4.69, 9.17) is 17.0 Å². The Kier molecular flexibility index (Phi) is 4.82. The van der Waals surface area contributed by atoms with Crippen molar-refractivity contribution in [3.8, 4) is 0 Å². The van der Waals surface area contributed by atoms with Gasteiger partial charge >= 0.3 is 5.97 Å². The molecular formula is C13H15BrN2O2S2. The number of hydrogen-bond donors (Lipinski definition) is 2. The van der Waals surface area contributed by atoms with Crippen LogP contribution in [0.2, 0.25) is 0 Å². The van der Waals surface area contributed by atoms with Gasteiger partial charge in [0.1, 0.15) is 0 Å². The monoisotopic (exact) mass is 374 g/mol. The first kappa shape index (κ1) is 15.5. The predicted molar refractivity (Wildman–Crippen MR) is 87.5 cm³/mol. The fourth-order valence-corrected chi connectivity index (χ4v) is 3.79. The van der Waals surface area contributed by atoms with E-state index in [9.17, 15) is 4.79 Å². The van der Waals surface area contributed by atoms with Crippen molar-refractivity contribution >= 4 is 50.6 Å². The first-order chi connectivity index (χ1) is 9.43. The third kappa shape index (κ3) is 3.05.